The molecule has 4 aromatic rings. The highest BCUT2D eigenvalue weighted by molar-refractivity contribution is 5.92. The van der Waals surface area contributed by atoms with Crippen molar-refractivity contribution in [1.29, 1.82) is 0 Å². The number of nitrogens with zero attached hydrogens (tertiary/aromatic N) is 2. The minimum Gasteiger partial charge on any atom is -0.497 e. The van der Waals surface area contributed by atoms with Gasteiger partial charge >= 0.3 is 0 Å². The van der Waals surface area contributed by atoms with E-state index in [0.29, 0.717) is 17.4 Å². The Morgan fingerprint density at radius 1 is 0.724 bits per heavy atom. The Labute approximate surface area is 169 Å². The van der Waals surface area contributed by atoms with Gasteiger partial charge in [-0.3, -0.25) is 0 Å². The second-order valence-electron chi connectivity index (χ2n) is 6.63. The Morgan fingerprint density at radius 3 is 2.10 bits per heavy atom. The van der Waals surface area contributed by atoms with Crippen LogP contribution in [0.2, 0.25) is 0 Å². The van der Waals surface area contributed by atoms with E-state index in [1.165, 1.54) is 5.56 Å². The number of ether oxygens (including phenoxy) is 2. The van der Waals surface area contributed by atoms with E-state index in [1.807, 2.05) is 54.6 Å². The van der Waals surface area contributed by atoms with E-state index in [9.17, 15) is 0 Å². The van der Waals surface area contributed by atoms with E-state index in [1.54, 1.807) is 14.2 Å². The van der Waals surface area contributed by atoms with Gasteiger partial charge in [-0.05, 0) is 31.2 Å². The first kappa shape index (κ1) is 18.6. The van der Waals surface area contributed by atoms with Gasteiger partial charge in [-0.2, -0.15) is 4.98 Å². The molecule has 146 valence electrons. The second kappa shape index (κ2) is 8.06. The van der Waals surface area contributed by atoms with Crippen molar-refractivity contribution in [3.63, 3.8) is 0 Å². The van der Waals surface area contributed by atoms with Gasteiger partial charge in [0.05, 0.1) is 19.7 Å². The SMILES string of the molecule is COc1cc(Nc2nc(Nc3ccc(C)cc3)c3ccccc3n2)cc(OC)c1. The number of hydrogen-bond acceptors (Lipinski definition) is 6. The summed E-state index contributed by atoms with van der Waals surface area (Å²) in [5.74, 6) is 2.58. The first-order valence-corrected chi connectivity index (χ1v) is 9.25. The number of rotatable bonds is 6. The molecule has 0 bridgehead atoms. The minimum absolute atomic E-state index is 0.480. The molecule has 4 rings (SSSR count). The maximum atomic E-state index is 5.34. The molecule has 0 spiro atoms. The van der Waals surface area contributed by atoms with Crippen molar-refractivity contribution in [2.45, 2.75) is 6.92 Å². The summed E-state index contributed by atoms with van der Waals surface area (Å²) in [5.41, 5.74) is 3.79. The van der Waals surface area contributed by atoms with Crippen molar-refractivity contribution in [3.8, 4) is 11.5 Å². The molecule has 0 aliphatic heterocycles. The highest BCUT2D eigenvalue weighted by atomic mass is 16.5. The maximum absolute atomic E-state index is 5.34. The zero-order valence-electron chi connectivity index (χ0n) is 16.6. The minimum atomic E-state index is 0.480. The van der Waals surface area contributed by atoms with Crippen LogP contribution in [0.4, 0.5) is 23.1 Å². The Balaban J connectivity index is 1.73. The van der Waals surface area contributed by atoms with E-state index in [2.05, 4.69) is 34.7 Å². The number of methoxy groups -OCH3 is 2. The molecule has 0 aliphatic carbocycles. The maximum Gasteiger partial charge on any atom is 0.229 e. The number of aryl methyl sites for hydroxylation is 1. The zero-order valence-corrected chi connectivity index (χ0v) is 16.6. The van der Waals surface area contributed by atoms with E-state index >= 15 is 0 Å². The standard InChI is InChI=1S/C23H22N4O2/c1-15-8-10-16(11-9-15)24-22-20-6-4-5-7-21(20)26-23(27-22)25-17-12-18(28-2)14-19(13-17)29-3/h4-14H,1-3H3,(H2,24,25,26,27). The van der Waals surface area contributed by atoms with Gasteiger partial charge in [0.15, 0.2) is 0 Å². The van der Waals surface area contributed by atoms with Crippen molar-refractivity contribution < 1.29 is 9.47 Å². The lowest BCUT2D eigenvalue weighted by molar-refractivity contribution is 0.395. The fraction of sp³-hybridized carbons (Fsp3) is 0.130. The van der Waals surface area contributed by atoms with E-state index in [-0.39, 0.29) is 0 Å². The highest BCUT2D eigenvalue weighted by Gasteiger charge is 2.10. The van der Waals surface area contributed by atoms with Crippen LogP contribution in [-0.4, -0.2) is 24.2 Å². The lowest BCUT2D eigenvalue weighted by atomic mass is 10.2. The molecule has 29 heavy (non-hydrogen) atoms. The number of nitrogens with one attached hydrogen (secondary N) is 2. The monoisotopic (exact) mass is 386 g/mol. The van der Waals surface area contributed by atoms with Crippen molar-refractivity contribution in [2.75, 3.05) is 24.9 Å². The summed E-state index contributed by atoms with van der Waals surface area (Å²) in [4.78, 5) is 9.36. The van der Waals surface area contributed by atoms with Crippen LogP contribution >= 0.6 is 0 Å². The van der Waals surface area contributed by atoms with E-state index in [0.717, 1.165) is 28.1 Å². The third-order valence-corrected chi connectivity index (χ3v) is 4.53. The first-order valence-electron chi connectivity index (χ1n) is 9.25. The smallest absolute Gasteiger partial charge is 0.229 e. The topological polar surface area (TPSA) is 68.3 Å². The molecule has 1 aromatic heterocycles. The molecule has 6 nitrogen and oxygen atoms in total. The van der Waals surface area contributed by atoms with Crippen LogP contribution in [0.15, 0.2) is 66.7 Å². The molecule has 0 saturated heterocycles. The Bertz CT molecular complexity index is 1120. The van der Waals surface area contributed by atoms with Crippen molar-refractivity contribution in [1.82, 2.24) is 9.97 Å². The molecule has 0 aliphatic rings. The van der Waals surface area contributed by atoms with Crippen LogP contribution in [0.5, 0.6) is 11.5 Å². The van der Waals surface area contributed by atoms with Gasteiger partial charge in [-0.1, -0.05) is 29.8 Å². The van der Waals surface area contributed by atoms with Crippen LogP contribution in [-0.2, 0) is 0 Å². The third-order valence-electron chi connectivity index (χ3n) is 4.53. The summed E-state index contributed by atoms with van der Waals surface area (Å²) >= 11 is 0. The number of para-hydroxylation sites is 1. The average Bonchev–Trinajstić information content (AvgIpc) is 2.75. The van der Waals surface area contributed by atoms with Crippen LogP contribution in [0.25, 0.3) is 10.9 Å². The molecule has 0 fully saturated rings. The van der Waals surface area contributed by atoms with Crippen LogP contribution in [0.3, 0.4) is 0 Å². The molecule has 1 heterocycles. The van der Waals surface area contributed by atoms with Crippen molar-refractivity contribution >= 4 is 34.0 Å². The third kappa shape index (κ3) is 4.21. The van der Waals surface area contributed by atoms with Gasteiger partial charge in [0.25, 0.3) is 0 Å². The molecule has 0 atom stereocenters. The van der Waals surface area contributed by atoms with Crippen molar-refractivity contribution in [3.05, 3.63) is 72.3 Å². The summed E-state index contributed by atoms with van der Waals surface area (Å²) in [6.07, 6.45) is 0. The van der Waals surface area contributed by atoms with E-state index in [4.69, 9.17) is 14.5 Å². The van der Waals surface area contributed by atoms with Crippen LogP contribution in [0, 0.1) is 6.92 Å². The van der Waals surface area contributed by atoms with Crippen LogP contribution < -0.4 is 20.1 Å². The fourth-order valence-corrected chi connectivity index (χ4v) is 3.01. The van der Waals surface area contributed by atoms with Gasteiger partial charge in [-0.25, -0.2) is 4.98 Å². The number of benzene rings is 3. The lowest BCUT2D eigenvalue weighted by Crippen LogP contribution is -2.02. The molecule has 0 saturated carbocycles. The molecule has 2 N–H and O–H groups in total. The predicted molar refractivity (Wildman–Crippen MR) is 117 cm³/mol. The zero-order chi connectivity index (χ0) is 20.2. The first-order chi connectivity index (χ1) is 14.1. The molecule has 0 radical (unpaired) electrons. The molecular weight excluding hydrogens is 364 g/mol. The fourth-order valence-electron chi connectivity index (χ4n) is 3.01. The van der Waals surface area contributed by atoms with Gasteiger partial charge < -0.3 is 20.1 Å². The van der Waals surface area contributed by atoms with Crippen molar-refractivity contribution in [2.24, 2.45) is 0 Å². The summed E-state index contributed by atoms with van der Waals surface area (Å²) in [5, 5.41) is 7.61. The summed E-state index contributed by atoms with van der Waals surface area (Å²) in [7, 11) is 3.24. The Hall–Kier alpha value is -3.80. The molecule has 3 aromatic carbocycles. The summed E-state index contributed by atoms with van der Waals surface area (Å²) in [6.45, 7) is 2.06. The lowest BCUT2D eigenvalue weighted by Gasteiger charge is -2.13. The molecule has 0 amide bonds. The molecular formula is C23H22N4O2. The van der Waals surface area contributed by atoms with E-state index < -0.39 is 0 Å². The quantitative estimate of drug-likeness (QED) is 0.460. The summed E-state index contributed by atoms with van der Waals surface area (Å²) in [6, 6.07) is 21.7. The number of anilines is 4. The Morgan fingerprint density at radius 2 is 1.41 bits per heavy atom. The Kier molecular flexibility index (Phi) is 5.16. The highest BCUT2D eigenvalue weighted by Crippen LogP contribution is 2.30. The number of aromatic nitrogens is 2. The van der Waals surface area contributed by atoms with Gasteiger partial charge in [0, 0.05) is 35.0 Å². The summed E-state index contributed by atoms with van der Waals surface area (Å²) < 4.78 is 10.7. The normalized spacial score (nSPS) is 10.6. The largest absolute Gasteiger partial charge is 0.497 e. The van der Waals surface area contributed by atoms with Crippen LogP contribution in [0.1, 0.15) is 5.56 Å². The number of hydrogen-bond donors (Lipinski definition) is 2. The molecule has 6 heteroatoms. The predicted octanol–water partition coefficient (Wildman–Crippen LogP) is 5.44. The van der Waals surface area contributed by atoms with Gasteiger partial charge in [0.1, 0.15) is 17.3 Å². The second-order valence-corrected chi connectivity index (χ2v) is 6.63. The van der Waals surface area contributed by atoms with Gasteiger partial charge in [0.2, 0.25) is 5.95 Å². The van der Waals surface area contributed by atoms with Gasteiger partial charge in [-0.15, -0.1) is 0 Å². The average molecular weight is 386 g/mol. The molecule has 0 unspecified atom stereocenters. The number of fused-ring (bicyclic) bond motifs is 1.